The van der Waals surface area contributed by atoms with Crippen molar-refractivity contribution in [2.75, 3.05) is 19.1 Å². The predicted molar refractivity (Wildman–Crippen MR) is 82.4 cm³/mol. The van der Waals surface area contributed by atoms with Crippen LogP contribution in [0.2, 0.25) is 0 Å². The molecule has 0 atom stereocenters. The number of nitrogens with one attached hydrogen (secondary N) is 1. The second-order valence-corrected chi connectivity index (χ2v) is 5.41. The lowest BCUT2D eigenvalue weighted by atomic mass is 10.2. The van der Waals surface area contributed by atoms with Gasteiger partial charge in [-0.05, 0) is 19.1 Å². The molecule has 0 aliphatic carbocycles. The van der Waals surface area contributed by atoms with Crippen molar-refractivity contribution in [2.45, 2.75) is 13.5 Å². The Morgan fingerprint density at radius 2 is 2.25 bits per heavy atom. The molecule has 106 valence electrons. The molecule has 0 radical (unpaired) electrons. The fraction of sp³-hybridized carbons (Fsp3) is 0.286. The van der Waals surface area contributed by atoms with Gasteiger partial charge in [-0.2, -0.15) is 0 Å². The molecule has 0 aliphatic rings. The maximum absolute atomic E-state index is 12.3. The van der Waals surface area contributed by atoms with Gasteiger partial charge in [-0.1, -0.05) is 15.9 Å². The maximum Gasteiger partial charge on any atom is 0.228 e. The summed E-state index contributed by atoms with van der Waals surface area (Å²) >= 11 is 3.41. The summed E-state index contributed by atoms with van der Waals surface area (Å²) in [5, 5.41) is 0. The first-order chi connectivity index (χ1) is 9.52. The second kappa shape index (κ2) is 6.09. The average Bonchev–Trinajstić information content (AvgIpc) is 2.42. The third kappa shape index (κ3) is 3.01. The molecule has 0 saturated heterocycles. The standard InChI is InChI=1S/C14H16BrN3O2/c1-9-14(20-3)13(19)10(7-17-9)8-18(2)12-6-11(15)4-5-16-12/h4-7H,8H2,1-3H3,(H,17,19). The second-order valence-electron chi connectivity index (χ2n) is 4.49. The minimum atomic E-state index is -0.0920. The van der Waals surface area contributed by atoms with Crippen LogP contribution in [0, 0.1) is 6.92 Å². The lowest BCUT2D eigenvalue weighted by Gasteiger charge is -2.18. The van der Waals surface area contributed by atoms with Crippen LogP contribution in [0.15, 0.2) is 33.8 Å². The molecule has 20 heavy (non-hydrogen) atoms. The van der Waals surface area contributed by atoms with Crippen LogP contribution in [0.1, 0.15) is 11.3 Å². The lowest BCUT2D eigenvalue weighted by molar-refractivity contribution is 0.404. The number of ether oxygens (including phenoxy) is 1. The van der Waals surface area contributed by atoms with Gasteiger partial charge < -0.3 is 14.6 Å². The molecule has 6 heteroatoms. The minimum Gasteiger partial charge on any atom is -0.491 e. The number of methoxy groups -OCH3 is 1. The van der Waals surface area contributed by atoms with E-state index in [-0.39, 0.29) is 5.43 Å². The molecule has 0 unspecified atom stereocenters. The normalized spacial score (nSPS) is 10.4. The average molecular weight is 338 g/mol. The lowest BCUT2D eigenvalue weighted by Crippen LogP contribution is -2.24. The van der Waals surface area contributed by atoms with Gasteiger partial charge in [0.25, 0.3) is 0 Å². The van der Waals surface area contributed by atoms with Crippen molar-refractivity contribution in [3.8, 4) is 5.75 Å². The number of anilines is 1. The van der Waals surface area contributed by atoms with Gasteiger partial charge in [0.05, 0.1) is 12.8 Å². The number of H-pyrrole nitrogens is 1. The van der Waals surface area contributed by atoms with Crippen molar-refractivity contribution in [2.24, 2.45) is 0 Å². The first-order valence-electron chi connectivity index (χ1n) is 6.10. The number of aromatic amines is 1. The van der Waals surface area contributed by atoms with Gasteiger partial charge in [-0.15, -0.1) is 0 Å². The van der Waals surface area contributed by atoms with E-state index in [9.17, 15) is 4.79 Å². The Balaban J connectivity index is 2.29. The van der Waals surface area contributed by atoms with Crippen LogP contribution in [-0.2, 0) is 6.54 Å². The van der Waals surface area contributed by atoms with Crippen LogP contribution in [0.25, 0.3) is 0 Å². The van der Waals surface area contributed by atoms with Gasteiger partial charge in [-0.3, -0.25) is 4.79 Å². The minimum absolute atomic E-state index is 0.0920. The number of rotatable bonds is 4. The summed E-state index contributed by atoms with van der Waals surface area (Å²) in [6, 6.07) is 3.76. The summed E-state index contributed by atoms with van der Waals surface area (Å²) in [4.78, 5) is 21.5. The molecule has 2 heterocycles. The van der Waals surface area contributed by atoms with Crippen LogP contribution in [0.5, 0.6) is 5.75 Å². The van der Waals surface area contributed by atoms with Crippen molar-refractivity contribution in [1.82, 2.24) is 9.97 Å². The van der Waals surface area contributed by atoms with Gasteiger partial charge in [0.1, 0.15) is 5.82 Å². The fourth-order valence-electron chi connectivity index (χ4n) is 1.94. The van der Waals surface area contributed by atoms with E-state index in [0.29, 0.717) is 17.9 Å². The van der Waals surface area contributed by atoms with E-state index < -0.39 is 0 Å². The first kappa shape index (κ1) is 14.6. The van der Waals surface area contributed by atoms with Gasteiger partial charge in [0, 0.05) is 36.0 Å². The Bertz CT molecular complexity index is 670. The summed E-state index contributed by atoms with van der Waals surface area (Å²) in [5.41, 5.74) is 1.27. The number of aryl methyl sites for hydroxylation is 1. The molecule has 2 aromatic rings. The van der Waals surface area contributed by atoms with Crippen molar-refractivity contribution in [3.63, 3.8) is 0 Å². The van der Waals surface area contributed by atoms with Gasteiger partial charge in [0.15, 0.2) is 5.75 Å². The molecule has 0 saturated carbocycles. The highest BCUT2D eigenvalue weighted by Gasteiger charge is 2.12. The van der Waals surface area contributed by atoms with Crippen LogP contribution >= 0.6 is 15.9 Å². The monoisotopic (exact) mass is 337 g/mol. The molecule has 0 fully saturated rings. The van der Waals surface area contributed by atoms with Crippen molar-refractivity contribution >= 4 is 21.7 Å². The molecule has 0 aromatic carbocycles. The quantitative estimate of drug-likeness (QED) is 0.931. The highest BCUT2D eigenvalue weighted by Crippen LogP contribution is 2.17. The highest BCUT2D eigenvalue weighted by molar-refractivity contribution is 9.10. The van der Waals surface area contributed by atoms with E-state index in [4.69, 9.17) is 4.74 Å². The zero-order chi connectivity index (χ0) is 14.7. The summed E-state index contributed by atoms with van der Waals surface area (Å²) in [6.07, 6.45) is 3.44. The molecule has 0 bridgehead atoms. The van der Waals surface area contributed by atoms with Crippen LogP contribution < -0.4 is 15.1 Å². The summed E-state index contributed by atoms with van der Waals surface area (Å²) < 4.78 is 6.09. The molecule has 2 aromatic heterocycles. The Labute approximate surface area is 125 Å². The molecule has 0 aliphatic heterocycles. The van der Waals surface area contributed by atoms with Crippen LogP contribution in [0.3, 0.4) is 0 Å². The van der Waals surface area contributed by atoms with E-state index in [2.05, 4.69) is 25.9 Å². The molecule has 0 spiro atoms. The SMILES string of the molecule is COc1c(C)[nH]cc(CN(C)c2cc(Br)ccn2)c1=O. The molecular weight excluding hydrogens is 322 g/mol. The number of pyridine rings is 2. The van der Waals surface area contributed by atoms with E-state index in [1.165, 1.54) is 7.11 Å². The fourth-order valence-corrected chi connectivity index (χ4v) is 2.27. The number of hydrogen-bond donors (Lipinski definition) is 1. The topological polar surface area (TPSA) is 58.2 Å². The first-order valence-corrected chi connectivity index (χ1v) is 6.90. The number of hydrogen-bond acceptors (Lipinski definition) is 4. The van der Waals surface area contributed by atoms with E-state index in [1.807, 2.05) is 31.0 Å². The summed E-state index contributed by atoms with van der Waals surface area (Å²) in [7, 11) is 3.39. The number of aromatic nitrogens is 2. The van der Waals surface area contributed by atoms with Crippen LogP contribution in [0.4, 0.5) is 5.82 Å². The summed E-state index contributed by atoms with van der Waals surface area (Å²) in [6.45, 7) is 2.26. The smallest absolute Gasteiger partial charge is 0.228 e. The van der Waals surface area contributed by atoms with Crippen molar-refractivity contribution in [3.05, 3.63) is 50.5 Å². The van der Waals surface area contributed by atoms with E-state index in [0.717, 1.165) is 16.0 Å². The Hall–Kier alpha value is -1.82. The number of nitrogens with zero attached hydrogens (tertiary/aromatic N) is 2. The van der Waals surface area contributed by atoms with Gasteiger partial charge in [0.2, 0.25) is 5.43 Å². The summed E-state index contributed by atoms with van der Waals surface area (Å²) in [5.74, 6) is 1.15. The van der Waals surface area contributed by atoms with Crippen molar-refractivity contribution in [1.29, 1.82) is 0 Å². The highest BCUT2D eigenvalue weighted by atomic mass is 79.9. The van der Waals surface area contributed by atoms with Crippen molar-refractivity contribution < 1.29 is 4.74 Å². The zero-order valence-corrected chi connectivity index (χ0v) is 13.2. The third-order valence-corrected chi connectivity index (χ3v) is 3.50. The van der Waals surface area contributed by atoms with Gasteiger partial charge >= 0.3 is 0 Å². The Morgan fingerprint density at radius 3 is 2.90 bits per heavy atom. The molecule has 1 N–H and O–H groups in total. The largest absolute Gasteiger partial charge is 0.491 e. The molecule has 5 nitrogen and oxygen atoms in total. The number of halogens is 1. The molecule has 0 amide bonds. The zero-order valence-electron chi connectivity index (χ0n) is 11.6. The maximum atomic E-state index is 12.3. The Morgan fingerprint density at radius 1 is 1.50 bits per heavy atom. The molecule has 2 rings (SSSR count). The van der Waals surface area contributed by atoms with Gasteiger partial charge in [-0.25, -0.2) is 4.98 Å². The predicted octanol–water partition coefficient (Wildman–Crippen LogP) is 2.49. The third-order valence-electron chi connectivity index (χ3n) is 3.01. The van der Waals surface area contributed by atoms with E-state index in [1.54, 1.807) is 12.4 Å². The Kier molecular flexibility index (Phi) is 4.44. The molecular formula is C14H16BrN3O2. The van der Waals surface area contributed by atoms with E-state index >= 15 is 0 Å². The van der Waals surface area contributed by atoms with Crippen LogP contribution in [-0.4, -0.2) is 24.1 Å².